The van der Waals surface area contributed by atoms with E-state index >= 15 is 0 Å². The lowest BCUT2D eigenvalue weighted by atomic mass is 10.1. The van der Waals surface area contributed by atoms with E-state index in [2.05, 4.69) is 25.8 Å². The van der Waals surface area contributed by atoms with E-state index in [-0.39, 0.29) is 5.82 Å². The summed E-state index contributed by atoms with van der Waals surface area (Å²) in [5, 5.41) is 10.1. The second kappa shape index (κ2) is 8.26. The molecule has 0 aliphatic carbocycles. The second-order valence-electron chi connectivity index (χ2n) is 5.19. The Labute approximate surface area is 135 Å². The van der Waals surface area contributed by atoms with Gasteiger partial charge in [0.1, 0.15) is 5.82 Å². The molecular weight excluding hydrogens is 297 g/mol. The highest BCUT2D eigenvalue weighted by Crippen LogP contribution is 2.10. The van der Waals surface area contributed by atoms with Crippen LogP contribution >= 0.6 is 0 Å². The molecule has 1 aromatic carbocycles. The van der Waals surface area contributed by atoms with Crippen LogP contribution in [0.15, 0.2) is 27.7 Å². The lowest BCUT2D eigenvalue weighted by Crippen LogP contribution is -2.38. The Balaban J connectivity index is 1.89. The summed E-state index contributed by atoms with van der Waals surface area (Å²) in [6, 6.07) is 5.03. The second-order valence-corrected chi connectivity index (χ2v) is 5.19. The molecule has 23 heavy (non-hydrogen) atoms. The van der Waals surface area contributed by atoms with Gasteiger partial charge in [0, 0.05) is 19.5 Å². The predicted octanol–water partition coefficient (Wildman–Crippen LogP) is 2.12. The minimum absolute atomic E-state index is 0.197. The van der Waals surface area contributed by atoms with Crippen molar-refractivity contribution >= 4 is 5.96 Å². The van der Waals surface area contributed by atoms with Crippen LogP contribution in [0.2, 0.25) is 0 Å². The number of halogens is 1. The topological polar surface area (TPSA) is 75.3 Å². The van der Waals surface area contributed by atoms with Crippen LogP contribution < -0.4 is 10.6 Å². The molecule has 1 aromatic heterocycles. The molecule has 2 N–H and O–H groups in total. The number of benzene rings is 1. The van der Waals surface area contributed by atoms with Gasteiger partial charge >= 0.3 is 0 Å². The van der Waals surface area contributed by atoms with Gasteiger partial charge in [-0.1, -0.05) is 17.3 Å². The van der Waals surface area contributed by atoms with Crippen molar-refractivity contribution in [3.63, 3.8) is 0 Å². The summed E-state index contributed by atoms with van der Waals surface area (Å²) in [6.45, 7) is 7.41. The first-order valence-corrected chi connectivity index (χ1v) is 7.65. The van der Waals surface area contributed by atoms with Crippen molar-refractivity contribution in [1.29, 1.82) is 0 Å². The fraction of sp³-hybridized carbons (Fsp3) is 0.438. The molecule has 0 bridgehead atoms. The molecule has 2 aromatic rings. The third-order valence-electron chi connectivity index (χ3n) is 3.19. The van der Waals surface area contributed by atoms with Gasteiger partial charge in [-0.05, 0) is 38.0 Å². The molecule has 0 unspecified atom stereocenters. The van der Waals surface area contributed by atoms with Crippen molar-refractivity contribution in [2.45, 2.75) is 33.7 Å². The molecule has 0 spiro atoms. The molecule has 0 aliphatic rings. The smallest absolute Gasteiger partial charge is 0.228 e. The summed E-state index contributed by atoms with van der Waals surface area (Å²) in [4.78, 5) is 8.65. The monoisotopic (exact) mass is 319 g/mol. The number of rotatable bonds is 6. The van der Waals surface area contributed by atoms with Gasteiger partial charge in [-0.3, -0.25) is 0 Å². The lowest BCUT2D eigenvalue weighted by molar-refractivity contribution is 0.374. The van der Waals surface area contributed by atoms with Crippen LogP contribution in [-0.2, 0) is 13.0 Å². The zero-order valence-electron chi connectivity index (χ0n) is 13.7. The molecule has 7 heteroatoms. The van der Waals surface area contributed by atoms with Crippen LogP contribution in [0.25, 0.3) is 0 Å². The van der Waals surface area contributed by atoms with Crippen LogP contribution in [0.4, 0.5) is 4.39 Å². The number of nitrogens with one attached hydrogen (secondary N) is 2. The molecule has 6 nitrogen and oxygen atoms in total. The van der Waals surface area contributed by atoms with E-state index in [1.54, 1.807) is 19.9 Å². The third kappa shape index (κ3) is 5.36. The molecule has 124 valence electrons. The Morgan fingerprint density at radius 3 is 2.78 bits per heavy atom. The first-order chi connectivity index (χ1) is 11.1. The highest BCUT2D eigenvalue weighted by Gasteiger charge is 2.04. The van der Waals surface area contributed by atoms with Gasteiger partial charge in [0.2, 0.25) is 5.89 Å². The van der Waals surface area contributed by atoms with Gasteiger partial charge in [0.15, 0.2) is 11.8 Å². The number of aliphatic imine (C=N–C) groups is 1. The van der Waals surface area contributed by atoms with Gasteiger partial charge in [-0.2, -0.15) is 4.98 Å². The summed E-state index contributed by atoms with van der Waals surface area (Å²) >= 11 is 0. The lowest BCUT2D eigenvalue weighted by Gasteiger charge is -2.10. The van der Waals surface area contributed by atoms with Crippen LogP contribution in [0.3, 0.4) is 0 Å². The zero-order chi connectivity index (χ0) is 16.7. The van der Waals surface area contributed by atoms with Crippen molar-refractivity contribution < 1.29 is 8.91 Å². The average molecular weight is 319 g/mol. The van der Waals surface area contributed by atoms with Crippen molar-refractivity contribution in [2.24, 2.45) is 4.99 Å². The number of hydrogen-bond acceptors (Lipinski definition) is 4. The van der Waals surface area contributed by atoms with Crippen molar-refractivity contribution in [2.75, 3.05) is 13.1 Å². The van der Waals surface area contributed by atoms with Gasteiger partial charge in [-0.25, -0.2) is 9.38 Å². The minimum Gasteiger partial charge on any atom is -0.357 e. The summed E-state index contributed by atoms with van der Waals surface area (Å²) in [5.74, 6) is 1.73. The molecule has 1 heterocycles. The van der Waals surface area contributed by atoms with Crippen LogP contribution in [0, 0.1) is 19.7 Å². The van der Waals surface area contributed by atoms with Crippen LogP contribution in [0.1, 0.15) is 29.8 Å². The maximum atomic E-state index is 13.3. The number of guanidine groups is 1. The van der Waals surface area contributed by atoms with Crippen molar-refractivity contribution in [3.8, 4) is 0 Å². The fourth-order valence-corrected chi connectivity index (χ4v) is 2.05. The first kappa shape index (κ1) is 16.9. The van der Waals surface area contributed by atoms with E-state index in [1.165, 1.54) is 6.07 Å². The van der Waals surface area contributed by atoms with E-state index in [0.29, 0.717) is 42.7 Å². The summed E-state index contributed by atoms with van der Waals surface area (Å²) in [5.41, 5.74) is 1.59. The summed E-state index contributed by atoms with van der Waals surface area (Å²) in [7, 11) is 0. The highest BCUT2D eigenvalue weighted by molar-refractivity contribution is 5.79. The molecule has 0 saturated carbocycles. The molecule has 0 radical (unpaired) electrons. The number of aromatic nitrogens is 2. The van der Waals surface area contributed by atoms with Gasteiger partial charge in [-0.15, -0.1) is 0 Å². The summed E-state index contributed by atoms with van der Waals surface area (Å²) < 4.78 is 18.3. The molecule has 0 fully saturated rings. The van der Waals surface area contributed by atoms with E-state index in [1.807, 2.05) is 13.0 Å². The van der Waals surface area contributed by atoms with E-state index in [0.717, 1.165) is 12.1 Å². The molecule has 0 amide bonds. The van der Waals surface area contributed by atoms with Crippen LogP contribution in [-0.4, -0.2) is 29.2 Å². The Bertz CT molecular complexity index is 668. The number of nitrogens with zero attached hydrogens (tertiary/aromatic N) is 3. The Morgan fingerprint density at radius 1 is 1.30 bits per heavy atom. The van der Waals surface area contributed by atoms with Crippen LogP contribution in [0.5, 0.6) is 0 Å². The maximum absolute atomic E-state index is 13.3. The third-order valence-corrected chi connectivity index (χ3v) is 3.19. The Kier molecular flexibility index (Phi) is 6.08. The number of aryl methyl sites for hydroxylation is 2. The maximum Gasteiger partial charge on any atom is 0.228 e. The molecule has 0 saturated heterocycles. The van der Waals surface area contributed by atoms with Crippen molar-refractivity contribution in [1.82, 2.24) is 20.8 Å². The Hall–Kier alpha value is -2.44. The minimum atomic E-state index is -0.197. The SMILES string of the molecule is CCNC(=NCc1ccc(F)c(C)c1)NCCc1nc(C)no1. The van der Waals surface area contributed by atoms with E-state index < -0.39 is 0 Å². The van der Waals surface area contributed by atoms with Gasteiger partial charge < -0.3 is 15.2 Å². The first-order valence-electron chi connectivity index (χ1n) is 7.65. The van der Waals surface area contributed by atoms with Gasteiger partial charge in [0.05, 0.1) is 6.54 Å². The largest absolute Gasteiger partial charge is 0.357 e. The standard InChI is InChI=1S/C16H22FN5O/c1-4-18-16(19-8-7-15-21-12(3)22-23-15)20-10-13-5-6-14(17)11(2)9-13/h5-6,9H,4,7-8,10H2,1-3H3,(H2,18,19,20). The van der Waals surface area contributed by atoms with Gasteiger partial charge in [0.25, 0.3) is 0 Å². The Morgan fingerprint density at radius 2 is 2.13 bits per heavy atom. The zero-order valence-corrected chi connectivity index (χ0v) is 13.7. The normalized spacial score (nSPS) is 11.6. The fourth-order valence-electron chi connectivity index (χ4n) is 2.05. The molecule has 0 atom stereocenters. The quantitative estimate of drug-likeness (QED) is 0.630. The highest BCUT2D eigenvalue weighted by atomic mass is 19.1. The molecular formula is C16H22FN5O. The summed E-state index contributed by atoms with van der Waals surface area (Å²) in [6.07, 6.45) is 0.626. The van der Waals surface area contributed by atoms with Crippen molar-refractivity contribution in [3.05, 3.63) is 46.9 Å². The van der Waals surface area contributed by atoms with E-state index in [9.17, 15) is 4.39 Å². The average Bonchev–Trinajstić information content (AvgIpc) is 2.93. The predicted molar refractivity (Wildman–Crippen MR) is 86.7 cm³/mol. The molecule has 2 rings (SSSR count). The molecule has 0 aliphatic heterocycles. The number of hydrogen-bond donors (Lipinski definition) is 2. The van der Waals surface area contributed by atoms with E-state index in [4.69, 9.17) is 4.52 Å².